The second kappa shape index (κ2) is 8.16. The Balaban J connectivity index is 1.80. The first kappa shape index (κ1) is 19.7. The molecule has 0 radical (unpaired) electrons. The lowest BCUT2D eigenvalue weighted by Gasteiger charge is -2.30. The Labute approximate surface area is 152 Å². The number of benzene rings is 1. The van der Waals surface area contributed by atoms with Crippen molar-refractivity contribution in [1.29, 1.82) is 0 Å². The molecule has 1 heterocycles. The topological polar surface area (TPSA) is 95.6 Å². The molecule has 0 saturated carbocycles. The highest BCUT2D eigenvalue weighted by Gasteiger charge is 2.25. The van der Waals surface area contributed by atoms with Crippen LogP contribution in [0.5, 0.6) is 0 Å². The van der Waals surface area contributed by atoms with E-state index in [1.54, 1.807) is 25.1 Å². The molecule has 1 fully saturated rings. The fourth-order valence-electron chi connectivity index (χ4n) is 2.67. The van der Waals surface area contributed by atoms with E-state index >= 15 is 0 Å². The number of carbonyl (C=O) groups is 2. The molecule has 0 aliphatic carbocycles. The number of hydrogen-bond donors (Lipinski definition) is 2. The Kier molecular flexibility index (Phi) is 6.42. The Morgan fingerprint density at radius 3 is 2.48 bits per heavy atom. The lowest BCUT2D eigenvalue weighted by molar-refractivity contribution is -0.136. The summed E-state index contributed by atoms with van der Waals surface area (Å²) in [4.78, 5) is 23.9. The Bertz CT molecular complexity index is 759. The van der Waals surface area contributed by atoms with Crippen LogP contribution in [0.15, 0.2) is 18.2 Å². The van der Waals surface area contributed by atoms with Crippen molar-refractivity contribution in [2.45, 2.75) is 19.8 Å². The van der Waals surface area contributed by atoms with Gasteiger partial charge in [-0.3, -0.25) is 9.59 Å². The third-order valence-corrected chi connectivity index (χ3v) is 5.79. The van der Waals surface area contributed by atoms with Crippen molar-refractivity contribution >= 4 is 39.1 Å². The van der Waals surface area contributed by atoms with E-state index in [4.69, 9.17) is 11.6 Å². The maximum Gasteiger partial charge on any atom is 0.313 e. The molecule has 0 unspecified atom stereocenters. The fourth-order valence-corrected chi connectivity index (χ4v) is 3.72. The molecule has 1 aromatic rings. The first-order chi connectivity index (χ1) is 11.7. The number of nitrogens with one attached hydrogen (secondary N) is 2. The summed E-state index contributed by atoms with van der Waals surface area (Å²) < 4.78 is 24.4. The summed E-state index contributed by atoms with van der Waals surface area (Å²) in [7, 11) is -3.17. The molecule has 1 saturated heterocycles. The van der Waals surface area contributed by atoms with Gasteiger partial charge in [0, 0.05) is 30.3 Å². The van der Waals surface area contributed by atoms with Gasteiger partial charge in [0.1, 0.15) is 0 Å². The zero-order chi connectivity index (χ0) is 18.6. The fraction of sp³-hybridized carbons (Fsp3) is 0.500. The third-order valence-electron chi connectivity index (χ3n) is 4.25. The number of piperidine rings is 1. The highest BCUT2D eigenvalue weighted by molar-refractivity contribution is 7.88. The van der Waals surface area contributed by atoms with Crippen LogP contribution in [0.2, 0.25) is 5.02 Å². The standard InChI is InChI=1S/C16H22ClN3O4S/c1-11-3-4-13(17)9-14(11)19-16(22)15(21)18-10-12-5-7-20(8-6-12)25(2,23)24/h3-4,9,12H,5-8,10H2,1-2H3,(H,18,21)(H,19,22). The predicted octanol–water partition coefficient (Wildman–Crippen LogP) is 1.37. The first-order valence-corrected chi connectivity index (χ1v) is 10.2. The van der Waals surface area contributed by atoms with E-state index in [1.165, 1.54) is 10.6 Å². The molecule has 2 rings (SSSR count). The Morgan fingerprint density at radius 2 is 1.88 bits per heavy atom. The number of anilines is 1. The normalized spacial score (nSPS) is 16.4. The molecule has 2 amide bonds. The second-order valence-electron chi connectivity index (χ2n) is 6.23. The quantitative estimate of drug-likeness (QED) is 0.763. The van der Waals surface area contributed by atoms with Crippen molar-refractivity contribution in [3.05, 3.63) is 28.8 Å². The molecular weight excluding hydrogens is 366 g/mol. The number of halogens is 1. The van der Waals surface area contributed by atoms with E-state index in [1.807, 2.05) is 0 Å². The zero-order valence-corrected chi connectivity index (χ0v) is 15.8. The SMILES string of the molecule is Cc1ccc(Cl)cc1NC(=O)C(=O)NCC1CCN(S(C)(=O)=O)CC1. The maximum absolute atomic E-state index is 12.0. The molecule has 1 aliphatic rings. The number of carbonyl (C=O) groups excluding carboxylic acids is 2. The molecule has 0 atom stereocenters. The minimum absolute atomic E-state index is 0.155. The average molecular weight is 388 g/mol. The number of hydrogen-bond acceptors (Lipinski definition) is 4. The summed E-state index contributed by atoms with van der Waals surface area (Å²) in [6.07, 6.45) is 2.50. The van der Waals surface area contributed by atoms with Crippen molar-refractivity contribution in [3.63, 3.8) is 0 Å². The second-order valence-corrected chi connectivity index (χ2v) is 8.65. The largest absolute Gasteiger partial charge is 0.348 e. The molecule has 1 aliphatic heterocycles. The van der Waals surface area contributed by atoms with Gasteiger partial charge in [-0.05, 0) is 43.4 Å². The summed E-state index contributed by atoms with van der Waals surface area (Å²) in [5.41, 5.74) is 1.30. The lowest BCUT2D eigenvalue weighted by atomic mass is 9.98. The van der Waals surface area contributed by atoms with Gasteiger partial charge in [0.05, 0.1) is 6.26 Å². The molecule has 0 aromatic heterocycles. The highest BCUT2D eigenvalue weighted by atomic mass is 35.5. The maximum atomic E-state index is 12.0. The summed E-state index contributed by atoms with van der Waals surface area (Å²) in [5, 5.41) is 5.62. The molecule has 9 heteroatoms. The van der Waals surface area contributed by atoms with Gasteiger partial charge >= 0.3 is 11.8 Å². The summed E-state index contributed by atoms with van der Waals surface area (Å²) in [6.45, 7) is 3.03. The van der Waals surface area contributed by atoms with Gasteiger partial charge in [0.15, 0.2) is 0 Å². The molecule has 2 N–H and O–H groups in total. The van der Waals surface area contributed by atoms with E-state index in [2.05, 4.69) is 10.6 Å². The van der Waals surface area contributed by atoms with E-state index < -0.39 is 21.8 Å². The van der Waals surface area contributed by atoms with E-state index in [9.17, 15) is 18.0 Å². The minimum Gasteiger partial charge on any atom is -0.348 e. The van der Waals surface area contributed by atoms with Crippen molar-refractivity contribution in [2.75, 3.05) is 31.2 Å². The van der Waals surface area contributed by atoms with Crippen LogP contribution in [0, 0.1) is 12.8 Å². The van der Waals surface area contributed by atoms with E-state index in [0.29, 0.717) is 43.2 Å². The number of rotatable bonds is 4. The minimum atomic E-state index is -3.17. The van der Waals surface area contributed by atoms with Crippen LogP contribution >= 0.6 is 11.6 Å². The molecule has 1 aromatic carbocycles. The Hall–Kier alpha value is -1.64. The van der Waals surface area contributed by atoms with Crippen LogP contribution in [0.3, 0.4) is 0 Å². The molecule has 7 nitrogen and oxygen atoms in total. The monoisotopic (exact) mass is 387 g/mol. The van der Waals surface area contributed by atoms with Gasteiger partial charge in [0.25, 0.3) is 0 Å². The number of nitrogens with zero attached hydrogens (tertiary/aromatic N) is 1. The van der Waals surface area contributed by atoms with Crippen LogP contribution in [0.1, 0.15) is 18.4 Å². The molecule has 25 heavy (non-hydrogen) atoms. The van der Waals surface area contributed by atoms with Gasteiger partial charge < -0.3 is 10.6 Å². The third kappa shape index (κ3) is 5.69. The smallest absolute Gasteiger partial charge is 0.313 e. The van der Waals surface area contributed by atoms with Gasteiger partial charge in [-0.25, -0.2) is 12.7 Å². The summed E-state index contributed by atoms with van der Waals surface area (Å²) in [6, 6.07) is 5.05. The predicted molar refractivity (Wildman–Crippen MR) is 97.0 cm³/mol. The summed E-state index contributed by atoms with van der Waals surface area (Å²) in [5.74, 6) is -1.31. The average Bonchev–Trinajstić information content (AvgIpc) is 2.55. The van der Waals surface area contributed by atoms with Crippen molar-refractivity contribution in [1.82, 2.24) is 9.62 Å². The number of aryl methyl sites for hydroxylation is 1. The first-order valence-electron chi connectivity index (χ1n) is 7.97. The van der Waals surface area contributed by atoms with Crippen LogP contribution in [0.4, 0.5) is 5.69 Å². The summed E-state index contributed by atoms with van der Waals surface area (Å²) >= 11 is 5.89. The van der Waals surface area contributed by atoms with Crippen molar-refractivity contribution in [2.24, 2.45) is 5.92 Å². The molecule has 0 bridgehead atoms. The van der Waals surface area contributed by atoms with Gasteiger partial charge in [-0.1, -0.05) is 17.7 Å². The van der Waals surface area contributed by atoms with Gasteiger partial charge in [0.2, 0.25) is 10.0 Å². The lowest BCUT2D eigenvalue weighted by Crippen LogP contribution is -2.43. The van der Waals surface area contributed by atoms with Crippen molar-refractivity contribution in [3.8, 4) is 0 Å². The van der Waals surface area contributed by atoms with Crippen LogP contribution < -0.4 is 10.6 Å². The van der Waals surface area contributed by atoms with Crippen LogP contribution in [-0.4, -0.2) is 50.4 Å². The molecule has 138 valence electrons. The molecular formula is C16H22ClN3O4S. The number of sulfonamides is 1. The molecule has 0 spiro atoms. The zero-order valence-electron chi connectivity index (χ0n) is 14.2. The van der Waals surface area contributed by atoms with Crippen LogP contribution in [0.25, 0.3) is 0 Å². The van der Waals surface area contributed by atoms with Gasteiger partial charge in [-0.2, -0.15) is 0 Å². The van der Waals surface area contributed by atoms with Crippen molar-refractivity contribution < 1.29 is 18.0 Å². The van der Waals surface area contributed by atoms with E-state index in [-0.39, 0.29) is 5.92 Å². The number of amides is 2. The van der Waals surface area contributed by atoms with Crippen LogP contribution in [-0.2, 0) is 19.6 Å². The van der Waals surface area contributed by atoms with Gasteiger partial charge in [-0.15, -0.1) is 0 Å². The highest BCUT2D eigenvalue weighted by Crippen LogP contribution is 2.20. The Morgan fingerprint density at radius 1 is 1.24 bits per heavy atom. The van der Waals surface area contributed by atoms with E-state index in [0.717, 1.165) is 5.56 Å².